The largest absolute Gasteiger partial charge is 0.493 e. The predicted octanol–water partition coefficient (Wildman–Crippen LogP) is 5.59. The number of rotatable bonds is 6. The SMILES string of the molecule is CCC(C)Oc1ccc(/C=C(/C#N)c2ccc(Cl)cc2)cc1OC. The molecule has 4 heteroatoms. The van der Waals surface area contributed by atoms with Gasteiger partial charge in [-0.25, -0.2) is 0 Å². The van der Waals surface area contributed by atoms with Gasteiger partial charge in [-0.1, -0.05) is 36.7 Å². The third kappa shape index (κ3) is 4.53. The standard InChI is InChI=1S/C20H20ClNO2/c1-4-14(2)24-19-10-5-15(12-20(19)23-3)11-17(13-22)16-6-8-18(21)9-7-16/h5-12,14H,4H2,1-3H3/b17-11-. The third-order valence-corrected chi connectivity index (χ3v) is 3.93. The second kappa shape index (κ2) is 8.42. The summed E-state index contributed by atoms with van der Waals surface area (Å²) in [4.78, 5) is 0. The molecule has 2 aromatic rings. The van der Waals surface area contributed by atoms with Gasteiger partial charge in [0, 0.05) is 5.02 Å². The number of hydrogen-bond donors (Lipinski definition) is 0. The lowest BCUT2D eigenvalue weighted by molar-refractivity contribution is 0.207. The van der Waals surface area contributed by atoms with Crippen molar-refractivity contribution in [2.75, 3.05) is 7.11 Å². The molecule has 24 heavy (non-hydrogen) atoms. The van der Waals surface area contributed by atoms with Crippen molar-refractivity contribution in [2.45, 2.75) is 26.4 Å². The summed E-state index contributed by atoms with van der Waals surface area (Å²) in [5.74, 6) is 1.35. The highest BCUT2D eigenvalue weighted by molar-refractivity contribution is 6.30. The van der Waals surface area contributed by atoms with E-state index in [1.807, 2.05) is 43.3 Å². The van der Waals surface area contributed by atoms with Crippen LogP contribution in [0.2, 0.25) is 5.02 Å². The van der Waals surface area contributed by atoms with Crippen molar-refractivity contribution in [3.63, 3.8) is 0 Å². The summed E-state index contributed by atoms with van der Waals surface area (Å²) in [5, 5.41) is 10.1. The van der Waals surface area contributed by atoms with Crippen LogP contribution >= 0.6 is 11.6 Å². The Balaban J connectivity index is 2.34. The summed E-state index contributed by atoms with van der Waals surface area (Å²) in [6.07, 6.45) is 2.85. The average molecular weight is 342 g/mol. The Morgan fingerprint density at radius 1 is 1.21 bits per heavy atom. The molecule has 0 bridgehead atoms. The molecule has 2 aromatic carbocycles. The molecule has 1 atom stereocenters. The fraction of sp³-hybridized carbons (Fsp3) is 0.250. The summed E-state index contributed by atoms with van der Waals surface area (Å²) < 4.78 is 11.3. The molecule has 2 rings (SSSR count). The molecule has 0 aliphatic rings. The maximum atomic E-state index is 9.43. The van der Waals surface area contributed by atoms with Gasteiger partial charge in [-0.15, -0.1) is 0 Å². The number of methoxy groups -OCH3 is 1. The van der Waals surface area contributed by atoms with Crippen LogP contribution in [-0.4, -0.2) is 13.2 Å². The molecule has 124 valence electrons. The first-order chi connectivity index (χ1) is 11.6. The monoisotopic (exact) mass is 341 g/mol. The van der Waals surface area contributed by atoms with E-state index in [4.69, 9.17) is 21.1 Å². The molecular weight excluding hydrogens is 322 g/mol. The first-order valence-electron chi connectivity index (χ1n) is 7.79. The summed E-state index contributed by atoms with van der Waals surface area (Å²) in [5.41, 5.74) is 2.25. The Morgan fingerprint density at radius 2 is 1.92 bits per heavy atom. The maximum Gasteiger partial charge on any atom is 0.161 e. The van der Waals surface area contributed by atoms with Crippen LogP contribution in [0, 0.1) is 11.3 Å². The van der Waals surface area contributed by atoms with Crippen LogP contribution in [0.25, 0.3) is 11.6 Å². The number of ether oxygens (including phenoxy) is 2. The Kier molecular flexibility index (Phi) is 6.28. The molecule has 0 N–H and O–H groups in total. The van der Waals surface area contributed by atoms with Crippen molar-refractivity contribution in [2.24, 2.45) is 0 Å². The number of allylic oxidation sites excluding steroid dienone is 1. The molecule has 0 amide bonds. The van der Waals surface area contributed by atoms with Gasteiger partial charge in [0.2, 0.25) is 0 Å². The van der Waals surface area contributed by atoms with E-state index in [1.54, 1.807) is 19.2 Å². The second-order valence-corrected chi connectivity index (χ2v) is 5.86. The van der Waals surface area contributed by atoms with Crippen molar-refractivity contribution < 1.29 is 9.47 Å². The molecule has 0 saturated heterocycles. The van der Waals surface area contributed by atoms with E-state index in [0.29, 0.717) is 22.1 Å². The molecule has 0 heterocycles. The minimum atomic E-state index is 0.115. The predicted molar refractivity (Wildman–Crippen MR) is 98.3 cm³/mol. The second-order valence-electron chi connectivity index (χ2n) is 5.42. The van der Waals surface area contributed by atoms with Crippen LogP contribution in [0.4, 0.5) is 0 Å². The normalized spacial score (nSPS) is 12.4. The van der Waals surface area contributed by atoms with Crippen LogP contribution in [0.15, 0.2) is 42.5 Å². The Labute approximate surface area is 148 Å². The lowest BCUT2D eigenvalue weighted by Gasteiger charge is -2.15. The highest BCUT2D eigenvalue weighted by Crippen LogP contribution is 2.31. The minimum Gasteiger partial charge on any atom is -0.493 e. The molecule has 0 saturated carbocycles. The molecule has 3 nitrogen and oxygen atoms in total. The Bertz CT molecular complexity index is 760. The van der Waals surface area contributed by atoms with Crippen molar-refractivity contribution in [3.05, 3.63) is 58.6 Å². The molecule has 0 aliphatic heterocycles. The van der Waals surface area contributed by atoms with Crippen molar-refractivity contribution in [3.8, 4) is 17.6 Å². The third-order valence-electron chi connectivity index (χ3n) is 3.68. The maximum absolute atomic E-state index is 9.43. The van der Waals surface area contributed by atoms with Gasteiger partial charge in [0.1, 0.15) is 0 Å². The van der Waals surface area contributed by atoms with Crippen LogP contribution in [0.3, 0.4) is 0 Å². The summed E-state index contributed by atoms with van der Waals surface area (Å²) >= 11 is 5.90. The number of halogens is 1. The van der Waals surface area contributed by atoms with Gasteiger partial charge in [0.15, 0.2) is 11.5 Å². The smallest absolute Gasteiger partial charge is 0.161 e. The fourth-order valence-electron chi connectivity index (χ4n) is 2.15. The van der Waals surface area contributed by atoms with Crippen molar-refractivity contribution in [1.29, 1.82) is 5.26 Å². The van der Waals surface area contributed by atoms with Gasteiger partial charge < -0.3 is 9.47 Å². The van der Waals surface area contributed by atoms with E-state index in [9.17, 15) is 5.26 Å². The molecule has 0 aromatic heterocycles. The van der Waals surface area contributed by atoms with Crippen LogP contribution in [0.5, 0.6) is 11.5 Å². The van der Waals surface area contributed by atoms with E-state index < -0.39 is 0 Å². The van der Waals surface area contributed by atoms with Crippen LogP contribution in [0.1, 0.15) is 31.4 Å². The Morgan fingerprint density at radius 3 is 2.50 bits per heavy atom. The van der Waals surface area contributed by atoms with Crippen LogP contribution in [-0.2, 0) is 0 Å². The van der Waals surface area contributed by atoms with E-state index in [-0.39, 0.29) is 6.10 Å². The first kappa shape index (κ1) is 17.9. The fourth-order valence-corrected chi connectivity index (χ4v) is 2.27. The van der Waals surface area contributed by atoms with Gasteiger partial charge in [-0.2, -0.15) is 5.26 Å². The lowest BCUT2D eigenvalue weighted by atomic mass is 10.0. The van der Waals surface area contributed by atoms with Gasteiger partial charge in [0.05, 0.1) is 24.9 Å². The summed E-state index contributed by atoms with van der Waals surface area (Å²) in [6, 6.07) is 15.1. The van der Waals surface area contributed by atoms with Gasteiger partial charge in [-0.05, 0) is 54.8 Å². The highest BCUT2D eigenvalue weighted by atomic mass is 35.5. The number of benzene rings is 2. The van der Waals surface area contributed by atoms with Gasteiger partial charge >= 0.3 is 0 Å². The Hall–Kier alpha value is -2.44. The summed E-state index contributed by atoms with van der Waals surface area (Å²) in [6.45, 7) is 4.08. The quantitative estimate of drug-likeness (QED) is 0.508. The number of nitrogens with zero attached hydrogens (tertiary/aromatic N) is 1. The minimum absolute atomic E-state index is 0.115. The molecule has 0 fully saturated rings. The van der Waals surface area contributed by atoms with Gasteiger partial charge in [0.25, 0.3) is 0 Å². The summed E-state index contributed by atoms with van der Waals surface area (Å²) in [7, 11) is 1.61. The highest BCUT2D eigenvalue weighted by Gasteiger charge is 2.09. The van der Waals surface area contributed by atoms with E-state index in [1.165, 1.54) is 0 Å². The molecule has 0 spiro atoms. The van der Waals surface area contributed by atoms with Crippen molar-refractivity contribution in [1.82, 2.24) is 0 Å². The van der Waals surface area contributed by atoms with Crippen LogP contribution < -0.4 is 9.47 Å². The molecule has 0 radical (unpaired) electrons. The topological polar surface area (TPSA) is 42.2 Å². The van der Waals surface area contributed by atoms with E-state index in [2.05, 4.69) is 13.0 Å². The zero-order chi connectivity index (χ0) is 17.5. The zero-order valence-electron chi connectivity index (χ0n) is 14.0. The first-order valence-corrected chi connectivity index (χ1v) is 8.17. The van der Waals surface area contributed by atoms with E-state index in [0.717, 1.165) is 17.5 Å². The van der Waals surface area contributed by atoms with Crippen molar-refractivity contribution >= 4 is 23.3 Å². The molecule has 1 unspecified atom stereocenters. The number of hydrogen-bond acceptors (Lipinski definition) is 3. The average Bonchev–Trinajstić information content (AvgIpc) is 2.61. The lowest BCUT2D eigenvalue weighted by Crippen LogP contribution is -2.10. The molecule has 0 aliphatic carbocycles. The van der Waals surface area contributed by atoms with Gasteiger partial charge in [-0.3, -0.25) is 0 Å². The molecular formula is C20H20ClNO2. The van der Waals surface area contributed by atoms with E-state index >= 15 is 0 Å². The zero-order valence-corrected chi connectivity index (χ0v) is 14.8. The number of nitriles is 1.